The molecule has 2 atom stereocenters. The van der Waals surface area contributed by atoms with E-state index < -0.39 is 0 Å². The van der Waals surface area contributed by atoms with Crippen LogP contribution >= 0.6 is 0 Å². The molecule has 2 heteroatoms. The van der Waals surface area contributed by atoms with Crippen LogP contribution in [0.3, 0.4) is 0 Å². The van der Waals surface area contributed by atoms with Gasteiger partial charge < -0.3 is 5.32 Å². The van der Waals surface area contributed by atoms with E-state index in [2.05, 4.69) is 5.32 Å². The fraction of sp³-hybridized carbons (Fsp3) is 0.647. The van der Waals surface area contributed by atoms with Gasteiger partial charge in [0.05, 0.1) is 0 Å². The molecule has 1 aromatic rings. The minimum Gasteiger partial charge on any atom is -0.316 e. The second-order valence-corrected chi connectivity index (χ2v) is 6.21. The van der Waals surface area contributed by atoms with Crippen molar-refractivity contribution in [2.24, 2.45) is 11.8 Å². The summed E-state index contributed by atoms with van der Waals surface area (Å²) < 4.78 is 13.1. The molecule has 0 radical (unpaired) electrons. The third kappa shape index (κ3) is 3.00. The molecule has 1 N–H and O–H groups in total. The Labute approximate surface area is 115 Å². The summed E-state index contributed by atoms with van der Waals surface area (Å²) in [6, 6.07) is 7.20. The summed E-state index contributed by atoms with van der Waals surface area (Å²) in [5.74, 6) is 2.15. The first-order valence-corrected chi connectivity index (χ1v) is 7.81. The van der Waals surface area contributed by atoms with Crippen LogP contribution in [-0.4, -0.2) is 13.1 Å². The minimum absolute atomic E-state index is 0.123. The summed E-state index contributed by atoms with van der Waals surface area (Å²) in [4.78, 5) is 0. The number of hydrogen-bond donors (Lipinski definition) is 1. The first kappa shape index (κ1) is 13.1. The van der Waals surface area contributed by atoms with Gasteiger partial charge in [-0.25, -0.2) is 4.39 Å². The molecule has 0 aromatic heterocycles. The molecular weight excluding hydrogens is 237 g/mol. The molecule has 0 bridgehead atoms. The smallest absolute Gasteiger partial charge is 0.123 e. The van der Waals surface area contributed by atoms with Gasteiger partial charge >= 0.3 is 0 Å². The van der Waals surface area contributed by atoms with E-state index in [0.29, 0.717) is 5.92 Å². The average Bonchev–Trinajstić information content (AvgIpc) is 2.49. The van der Waals surface area contributed by atoms with E-state index in [4.69, 9.17) is 0 Å². The number of halogens is 1. The summed E-state index contributed by atoms with van der Waals surface area (Å²) >= 11 is 0. The maximum atomic E-state index is 13.1. The van der Waals surface area contributed by atoms with E-state index in [1.165, 1.54) is 44.1 Å². The van der Waals surface area contributed by atoms with Crippen molar-refractivity contribution in [3.8, 4) is 0 Å². The molecule has 0 spiro atoms. The quantitative estimate of drug-likeness (QED) is 0.845. The van der Waals surface area contributed by atoms with Crippen molar-refractivity contribution in [2.45, 2.75) is 44.4 Å². The Morgan fingerprint density at radius 1 is 0.947 bits per heavy atom. The molecule has 1 saturated carbocycles. The number of piperidine rings is 1. The summed E-state index contributed by atoms with van der Waals surface area (Å²) in [6.45, 7) is 2.21. The molecule has 1 nitrogen and oxygen atoms in total. The molecular formula is C17H24FN. The van der Waals surface area contributed by atoms with Crippen molar-refractivity contribution in [1.29, 1.82) is 0 Å². The number of rotatable bonds is 2. The summed E-state index contributed by atoms with van der Waals surface area (Å²) in [5.41, 5.74) is 1.32. The molecule has 1 saturated heterocycles. The molecule has 1 heterocycles. The predicted octanol–water partition coefficient (Wildman–Crippen LogP) is 4.10. The second-order valence-electron chi connectivity index (χ2n) is 6.21. The zero-order valence-electron chi connectivity index (χ0n) is 11.6. The van der Waals surface area contributed by atoms with Crippen LogP contribution in [0.4, 0.5) is 4.39 Å². The Kier molecular flexibility index (Phi) is 4.17. The van der Waals surface area contributed by atoms with Crippen LogP contribution in [0.25, 0.3) is 0 Å². The third-order valence-corrected chi connectivity index (χ3v) is 5.09. The number of benzene rings is 1. The largest absolute Gasteiger partial charge is 0.316 e. The van der Waals surface area contributed by atoms with Gasteiger partial charge in [0.15, 0.2) is 0 Å². The SMILES string of the molecule is Fc1ccc(C2CNCCC2C2CCCCC2)cc1. The monoisotopic (exact) mass is 261 g/mol. The Balaban J connectivity index is 1.78. The Morgan fingerprint density at radius 2 is 1.68 bits per heavy atom. The highest BCUT2D eigenvalue weighted by Gasteiger charge is 2.33. The molecule has 1 aliphatic carbocycles. The van der Waals surface area contributed by atoms with Gasteiger partial charge in [-0.2, -0.15) is 0 Å². The van der Waals surface area contributed by atoms with Crippen LogP contribution in [-0.2, 0) is 0 Å². The van der Waals surface area contributed by atoms with Crippen molar-refractivity contribution < 1.29 is 4.39 Å². The zero-order chi connectivity index (χ0) is 13.1. The normalized spacial score (nSPS) is 29.3. The fourth-order valence-electron chi connectivity index (χ4n) is 4.08. The summed E-state index contributed by atoms with van der Waals surface area (Å²) in [5, 5.41) is 3.52. The highest BCUT2D eigenvalue weighted by Crippen LogP contribution is 2.41. The van der Waals surface area contributed by atoms with E-state index >= 15 is 0 Å². The molecule has 3 rings (SSSR count). The Morgan fingerprint density at radius 3 is 2.42 bits per heavy atom. The third-order valence-electron chi connectivity index (χ3n) is 5.09. The zero-order valence-corrected chi connectivity index (χ0v) is 11.6. The summed E-state index contributed by atoms with van der Waals surface area (Å²) in [7, 11) is 0. The molecule has 104 valence electrons. The van der Waals surface area contributed by atoms with E-state index in [0.717, 1.165) is 24.9 Å². The van der Waals surface area contributed by atoms with E-state index in [1.54, 1.807) is 12.1 Å². The first-order chi connectivity index (χ1) is 9.34. The molecule has 2 fully saturated rings. The maximum absolute atomic E-state index is 13.1. The van der Waals surface area contributed by atoms with Crippen molar-refractivity contribution in [2.75, 3.05) is 13.1 Å². The van der Waals surface area contributed by atoms with Gasteiger partial charge in [-0.3, -0.25) is 0 Å². The molecule has 19 heavy (non-hydrogen) atoms. The molecule has 1 aromatic carbocycles. The lowest BCUT2D eigenvalue weighted by Gasteiger charge is -2.39. The van der Waals surface area contributed by atoms with Gasteiger partial charge in [0.2, 0.25) is 0 Å². The molecule has 1 aliphatic heterocycles. The van der Waals surface area contributed by atoms with Gasteiger partial charge in [-0.15, -0.1) is 0 Å². The highest BCUT2D eigenvalue weighted by atomic mass is 19.1. The van der Waals surface area contributed by atoms with Crippen LogP contribution in [0.5, 0.6) is 0 Å². The lowest BCUT2D eigenvalue weighted by atomic mass is 9.69. The van der Waals surface area contributed by atoms with Crippen LogP contribution < -0.4 is 5.32 Å². The summed E-state index contributed by atoms with van der Waals surface area (Å²) in [6.07, 6.45) is 8.33. The molecule has 2 unspecified atom stereocenters. The Bertz CT molecular complexity index is 394. The lowest BCUT2D eigenvalue weighted by molar-refractivity contribution is 0.178. The van der Waals surface area contributed by atoms with Gasteiger partial charge in [0.1, 0.15) is 5.82 Å². The first-order valence-electron chi connectivity index (χ1n) is 7.81. The van der Waals surface area contributed by atoms with Crippen LogP contribution in [0.15, 0.2) is 24.3 Å². The Hall–Kier alpha value is -0.890. The van der Waals surface area contributed by atoms with Gasteiger partial charge in [-0.05, 0) is 48.4 Å². The van der Waals surface area contributed by atoms with Crippen LogP contribution in [0.1, 0.15) is 50.0 Å². The number of hydrogen-bond acceptors (Lipinski definition) is 1. The second kappa shape index (κ2) is 6.04. The maximum Gasteiger partial charge on any atom is 0.123 e. The topological polar surface area (TPSA) is 12.0 Å². The number of nitrogens with one attached hydrogen (secondary N) is 1. The van der Waals surface area contributed by atoms with Gasteiger partial charge in [0, 0.05) is 6.54 Å². The minimum atomic E-state index is -0.123. The average molecular weight is 261 g/mol. The van der Waals surface area contributed by atoms with Crippen molar-refractivity contribution >= 4 is 0 Å². The van der Waals surface area contributed by atoms with E-state index in [9.17, 15) is 4.39 Å². The molecule has 0 amide bonds. The van der Waals surface area contributed by atoms with Crippen molar-refractivity contribution in [3.63, 3.8) is 0 Å². The standard InChI is InChI=1S/C17H24FN/c18-15-8-6-14(7-9-15)17-12-19-11-10-16(17)13-4-2-1-3-5-13/h6-9,13,16-17,19H,1-5,10-12H2. The van der Waals surface area contributed by atoms with Gasteiger partial charge in [-0.1, -0.05) is 44.2 Å². The fourth-order valence-corrected chi connectivity index (χ4v) is 4.08. The van der Waals surface area contributed by atoms with Gasteiger partial charge in [0.25, 0.3) is 0 Å². The predicted molar refractivity (Wildman–Crippen MR) is 76.7 cm³/mol. The van der Waals surface area contributed by atoms with E-state index in [1.807, 2.05) is 12.1 Å². The van der Waals surface area contributed by atoms with Crippen LogP contribution in [0.2, 0.25) is 0 Å². The van der Waals surface area contributed by atoms with Crippen LogP contribution in [0, 0.1) is 17.7 Å². The highest BCUT2D eigenvalue weighted by molar-refractivity contribution is 5.22. The van der Waals surface area contributed by atoms with Crippen molar-refractivity contribution in [3.05, 3.63) is 35.6 Å². The molecule has 2 aliphatic rings. The lowest BCUT2D eigenvalue weighted by Crippen LogP contribution is -2.39. The van der Waals surface area contributed by atoms with Crippen molar-refractivity contribution in [1.82, 2.24) is 5.32 Å². The van der Waals surface area contributed by atoms with E-state index in [-0.39, 0.29) is 5.82 Å².